The van der Waals surface area contributed by atoms with Crippen LogP contribution < -0.4 is 5.32 Å². The lowest BCUT2D eigenvalue weighted by Gasteiger charge is -2.04. The van der Waals surface area contributed by atoms with Gasteiger partial charge in [0.05, 0.1) is 0 Å². The lowest BCUT2D eigenvalue weighted by atomic mass is 10.2. The average Bonchev–Trinajstić information content (AvgIpc) is 2.85. The zero-order valence-electron chi connectivity index (χ0n) is 8.56. The minimum absolute atomic E-state index is 0.299. The zero-order chi connectivity index (χ0) is 10.7. The van der Waals surface area contributed by atoms with Crippen LogP contribution in [-0.4, -0.2) is 38.4 Å². The highest BCUT2D eigenvalue weighted by Gasteiger charge is 2.12. The van der Waals surface area contributed by atoms with Crippen molar-refractivity contribution in [2.24, 2.45) is 0 Å². The topological polar surface area (TPSA) is 92.5 Å². The van der Waals surface area contributed by atoms with E-state index in [2.05, 4.69) is 30.6 Å². The van der Waals surface area contributed by atoms with E-state index in [-0.39, 0.29) is 0 Å². The predicted molar refractivity (Wildman–Crippen MR) is 51.9 cm³/mol. The molecule has 0 saturated carbocycles. The number of aromatic amines is 1. The fourth-order valence-corrected chi connectivity index (χ4v) is 1.11. The maximum Gasteiger partial charge on any atom is 0.239 e. The third-order valence-corrected chi connectivity index (χ3v) is 2.07. The number of hydrogen-bond donors (Lipinski definition) is 2. The number of aromatic nitrogens is 5. The van der Waals surface area contributed by atoms with E-state index in [0.29, 0.717) is 30.0 Å². The van der Waals surface area contributed by atoms with Gasteiger partial charge in [-0.2, -0.15) is 10.1 Å². The maximum atomic E-state index is 5.07. The zero-order valence-corrected chi connectivity index (χ0v) is 8.56. The molecule has 1 atom stereocenters. The van der Waals surface area contributed by atoms with Crippen molar-refractivity contribution in [2.45, 2.75) is 19.4 Å². The van der Waals surface area contributed by atoms with E-state index in [9.17, 15) is 0 Å². The molecule has 2 aromatic heterocycles. The summed E-state index contributed by atoms with van der Waals surface area (Å²) in [6.07, 6.45) is 2.10. The van der Waals surface area contributed by atoms with Gasteiger partial charge >= 0.3 is 0 Å². The standard InChI is InChI=1S/C8H12N6O/c1-5(9-2)3-6-12-8(14-15-6)7-10-4-11-13-7/h4-5,9H,3H2,1-2H3,(H,10,11,13). The van der Waals surface area contributed by atoms with Gasteiger partial charge in [-0.1, -0.05) is 5.16 Å². The van der Waals surface area contributed by atoms with Crippen molar-refractivity contribution >= 4 is 0 Å². The first-order valence-corrected chi connectivity index (χ1v) is 4.65. The van der Waals surface area contributed by atoms with Crippen LogP contribution in [0, 0.1) is 0 Å². The molecule has 1 unspecified atom stereocenters. The Balaban J connectivity index is 2.11. The summed E-state index contributed by atoms with van der Waals surface area (Å²) in [7, 11) is 1.89. The van der Waals surface area contributed by atoms with Crippen molar-refractivity contribution in [1.82, 2.24) is 30.6 Å². The van der Waals surface area contributed by atoms with Gasteiger partial charge in [0, 0.05) is 12.5 Å². The molecule has 0 spiro atoms. The number of H-pyrrole nitrogens is 1. The molecule has 0 aromatic carbocycles. The van der Waals surface area contributed by atoms with Crippen LogP contribution >= 0.6 is 0 Å². The van der Waals surface area contributed by atoms with E-state index >= 15 is 0 Å². The third-order valence-electron chi connectivity index (χ3n) is 2.07. The molecule has 0 fully saturated rings. The molecule has 15 heavy (non-hydrogen) atoms. The third kappa shape index (κ3) is 2.18. The Kier molecular flexibility index (Phi) is 2.72. The number of nitrogens with zero attached hydrogens (tertiary/aromatic N) is 4. The highest BCUT2D eigenvalue weighted by atomic mass is 16.5. The quantitative estimate of drug-likeness (QED) is 0.735. The Morgan fingerprint density at radius 3 is 3.13 bits per heavy atom. The van der Waals surface area contributed by atoms with Crippen LogP contribution in [0.5, 0.6) is 0 Å². The smallest absolute Gasteiger partial charge is 0.239 e. The molecule has 0 radical (unpaired) electrons. The summed E-state index contributed by atoms with van der Waals surface area (Å²) in [5, 5.41) is 13.3. The maximum absolute atomic E-state index is 5.07. The van der Waals surface area contributed by atoms with E-state index in [4.69, 9.17) is 4.52 Å². The molecule has 7 nitrogen and oxygen atoms in total. The largest absolute Gasteiger partial charge is 0.339 e. The molecule has 0 bridgehead atoms. The van der Waals surface area contributed by atoms with Gasteiger partial charge in [0.25, 0.3) is 0 Å². The molecular formula is C8H12N6O. The van der Waals surface area contributed by atoms with E-state index in [1.54, 1.807) is 0 Å². The van der Waals surface area contributed by atoms with Crippen molar-refractivity contribution < 1.29 is 4.52 Å². The highest BCUT2D eigenvalue weighted by Crippen LogP contribution is 2.09. The van der Waals surface area contributed by atoms with Crippen LogP contribution in [-0.2, 0) is 6.42 Å². The predicted octanol–water partition coefficient (Wildman–Crippen LogP) is 0.00510. The van der Waals surface area contributed by atoms with Crippen LogP contribution in [0.4, 0.5) is 0 Å². The van der Waals surface area contributed by atoms with E-state index in [1.165, 1.54) is 6.33 Å². The number of hydrogen-bond acceptors (Lipinski definition) is 6. The Labute approximate surface area is 86.3 Å². The van der Waals surface area contributed by atoms with E-state index in [1.807, 2.05) is 14.0 Å². The lowest BCUT2D eigenvalue weighted by Crippen LogP contribution is -2.23. The summed E-state index contributed by atoms with van der Waals surface area (Å²) in [5.41, 5.74) is 0. The summed E-state index contributed by atoms with van der Waals surface area (Å²) in [6.45, 7) is 2.04. The number of nitrogens with one attached hydrogen (secondary N) is 2. The summed E-state index contributed by atoms with van der Waals surface area (Å²) < 4.78 is 5.07. The van der Waals surface area contributed by atoms with Gasteiger partial charge in [-0.05, 0) is 14.0 Å². The lowest BCUT2D eigenvalue weighted by molar-refractivity contribution is 0.365. The molecule has 2 N–H and O–H groups in total. The molecular weight excluding hydrogens is 196 g/mol. The Morgan fingerprint density at radius 1 is 1.60 bits per heavy atom. The van der Waals surface area contributed by atoms with Gasteiger partial charge < -0.3 is 9.84 Å². The summed E-state index contributed by atoms with van der Waals surface area (Å²) in [6, 6.07) is 0.299. The molecule has 0 aliphatic rings. The van der Waals surface area contributed by atoms with Crippen molar-refractivity contribution in [1.29, 1.82) is 0 Å². The second-order valence-electron chi connectivity index (χ2n) is 3.24. The Morgan fingerprint density at radius 2 is 2.47 bits per heavy atom. The summed E-state index contributed by atoms with van der Waals surface area (Å²) in [5.74, 6) is 1.54. The fraction of sp³-hybridized carbons (Fsp3) is 0.500. The first kappa shape index (κ1) is 9.78. The van der Waals surface area contributed by atoms with Gasteiger partial charge in [0.15, 0.2) is 5.82 Å². The molecule has 0 aliphatic carbocycles. The molecule has 80 valence electrons. The normalized spacial score (nSPS) is 12.9. The van der Waals surface area contributed by atoms with Crippen molar-refractivity contribution in [3.8, 4) is 11.6 Å². The Bertz CT molecular complexity index is 408. The van der Waals surface area contributed by atoms with Crippen molar-refractivity contribution in [3.05, 3.63) is 12.2 Å². The van der Waals surface area contributed by atoms with Gasteiger partial charge in [-0.15, -0.1) is 0 Å². The van der Waals surface area contributed by atoms with Crippen LogP contribution in [0.1, 0.15) is 12.8 Å². The number of rotatable bonds is 4. The van der Waals surface area contributed by atoms with Crippen LogP contribution in [0.15, 0.2) is 10.9 Å². The molecule has 7 heteroatoms. The first-order chi connectivity index (χ1) is 7.29. The second-order valence-corrected chi connectivity index (χ2v) is 3.24. The molecule has 2 aromatic rings. The molecule has 2 rings (SSSR count). The van der Waals surface area contributed by atoms with Crippen LogP contribution in [0.3, 0.4) is 0 Å². The van der Waals surface area contributed by atoms with Gasteiger partial charge in [0.2, 0.25) is 11.7 Å². The van der Waals surface area contributed by atoms with E-state index in [0.717, 1.165) is 0 Å². The first-order valence-electron chi connectivity index (χ1n) is 4.65. The van der Waals surface area contributed by atoms with Crippen LogP contribution in [0.25, 0.3) is 11.6 Å². The second kappa shape index (κ2) is 4.18. The monoisotopic (exact) mass is 208 g/mol. The average molecular weight is 208 g/mol. The summed E-state index contributed by atoms with van der Waals surface area (Å²) in [4.78, 5) is 8.12. The molecule has 0 amide bonds. The molecule has 2 heterocycles. The minimum atomic E-state index is 0.299. The van der Waals surface area contributed by atoms with Crippen molar-refractivity contribution in [3.63, 3.8) is 0 Å². The van der Waals surface area contributed by atoms with Crippen LogP contribution in [0.2, 0.25) is 0 Å². The highest BCUT2D eigenvalue weighted by molar-refractivity contribution is 5.39. The number of likely N-dealkylation sites (N-methyl/N-ethyl adjacent to an activating group) is 1. The minimum Gasteiger partial charge on any atom is -0.339 e. The summed E-state index contributed by atoms with van der Waals surface area (Å²) >= 11 is 0. The SMILES string of the molecule is CNC(C)Cc1nc(-c2ncn[nH]2)no1. The fourth-order valence-electron chi connectivity index (χ4n) is 1.11. The van der Waals surface area contributed by atoms with Gasteiger partial charge in [-0.25, -0.2) is 4.98 Å². The van der Waals surface area contributed by atoms with Gasteiger partial charge in [-0.3, -0.25) is 5.10 Å². The molecule has 0 saturated heterocycles. The van der Waals surface area contributed by atoms with Crippen molar-refractivity contribution in [2.75, 3.05) is 7.05 Å². The molecule has 0 aliphatic heterocycles. The van der Waals surface area contributed by atoms with Gasteiger partial charge in [0.1, 0.15) is 6.33 Å². The Hall–Kier alpha value is -1.76. The van der Waals surface area contributed by atoms with E-state index < -0.39 is 0 Å².